The summed E-state index contributed by atoms with van der Waals surface area (Å²) < 4.78 is 11.1. The summed E-state index contributed by atoms with van der Waals surface area (Å²) in [6, 6.07) is 6.09. The molecule has 19 heavy (non-hydrogen) atoms. The van der Waals surface area contributed by atoms with Gasteiger partial charge in [-0.05, 0) is 36.5 Å². The van der Waals surface area contributed by atoms with Gasteiger partial charge in [0, 0.05) is 17.1 Å². The molecule has 1 aliphatic heterocycles. The van der Waals surface area contributed by atoms with Crippen molar-refractivity contribution in [3.63, 3.8) is 0 Å². The van der Waals surface area contributed by atoms with E-state index in [1.54, 1.807) is 0 Å². The zero-order chi connectivity index (χ0) is 13.3. The van der Waals surface area contributed by atoms with Crippen molar-refractivity contribution >= 4 is 17.6 Å². The first kappa shape index (κ1) is 12.7. The maximum atomic E-state index is 7.43. The fourth-order valence-corrected chi connectivity index (χ4v) is 3.52. The Balaban J connectivity index is 1.63. The predicted molar refractivity (Wildman–Crippen MR) is 76.4 cm³/mol. The number of nitrogens with one attached hydrogen (secondary N) is 1. The van der Waals surface area contributed by atoms with Crippen LogP contribution in [0.5, 0.6) is 11.5 Å². The second kappa shape index (κ2) is 4.96. The van der Waals surface area contributed by atoms with Crippen molar-refractivity contribution in [1.29, 1.82) is 5.41 Å². The molecule has 0 radical (unpaired) electrons. The minimum absolute atomic E-state index is 0.268. The van der Waals surface area contributed by atoms with Crippen LogP contribution in [0.4, 0.5) is 0 Å². The molecule has 0 saturated heterocycles. The summed E-state index contributed by atoms with van der Waals surface area (Å²) in [5.41, 5.74) is 5.78. The van der Waals surface area contributed by atoms with Crippen molar-refractivity contribution < 1.29 is 9.47 Å². The molecule has 4 nitrogen and oxygen atoms in total. The fourth-order valence-electron chi connectivity index (χ4n) is 2.30. The molecule has 1 heterocycles. The van der Waals surface area contributed by atoms with Crippen LogP contribution in [0.2, 0.25) is 0 Å². The van der Waals surface area contributed by atoms with Crippen LogP contribution < -0.4 is 15.2 Å². The molecule has 1 aliphatic carbocycles. The molecule has 1 saturated carbocycles. The predicted octanol–water partition coefficient (Wildman–Crippen LogP) is 2.66. The Bertz CT molecular complexity index is 500. The molecule has 1 aromatic carbocycles. The Morgan fingerprint density at radius 1 is 1.26 bits per heavy atom. The van der Waals surface area contributed by atoms with Gasteiger partial charge >= 0.3 is 0 Å². The summed E-state index contributed by atoms with van der Waals surface area (Å²) in [5, 5.41) is 7.43. The second-order valence-electron chi connectivity index (χ2n) is 5.30. The molecule has 3 N–H and O–H groups in total. The highest BCUT2D eigenvalue weighted by atomic mass is 32.2. The second-order valence-corrected chi connectivity index (χ2v) is 6.34. The highest BCUT2D eigenvalue weighted by Gasteiger charge is 2.42. The first-order valence-electron chi connectivity index (χ1n) is 6.52. The van der Waals surface area contributed by atoms with E-state index in [0.717, 1.165) is 23.7 Å². The zero-order valence-electron chi connectivity index (χ0n) is 10.8. The van der Waals surface area contributed by atoms with E-state index in [-0.39, 0.29) is 5.41 Å². The largest absolute Gasteiger partial charge is 0.486 e. The SMILES string of the molecule is N=C(N)CC1(CSc2ccc3c(c2)OCCO3)CC1. The zero-order valence-corrected chi connectivity index (χ0v) is 11.6. The molecule has 1 aromatic rings. The summed E-state index contributed by atoms with van der Waals surface area (Å²) in [7, 11) is 0. The van der Waals surface area contributed by atoms with Crippen LogP contribution in [0.25, 0.3) is 0 Å². The van der Waals surface area contributed by atoms with Crippen LogP contribution >= 0.6 is 11.8 Å². The summed E-state index contributed by atoms with van der Waals surface area (Å²) in [4.78, 5) is 1.19. The maximum Gasteiger partial charge on any atom is 0.162 e. The van der Waals surface area contributed by atoms with Crippen molar-refractivity contribution in [3.8, 4) is 11.5 Å². The topological polar surface area (TPSA) is 68.3 Å². The van der Waals surface area contributed by atoms with Gasteiger partial charge in [0.2, 0.25) is 0 Å². The van der Waals surface area contributed by atoms with Gasteiger partial charge in [-0.15, -0.1) is 11.8 Å². The number of ether oxygens (including phenoxy) is 2. The van der Waals surface area contributed by atoms with E-state index in [0.29, 0.717) is 19.0 Å². The van der Waals surface area contributed by atoms with E-state index < -0.39 is 0 Å². The van der Waals surface area contributed by atoms with Gasteiger partial charge in [0.1, 0.15) is 13.2 Å². The quantitative estimate of drug-likeness (QED) is 0.493. The third-order valence-corrected chi connectivity index (χ3v) is 4.93. The van der Waals surface area contributed by atoms with E-state index in [1.165, 1.54) is 17.7 Å². The van der Waals surface area contributed by atoms with Crippen molar-refractivity contribution in [2.45, 2.75) is 24.2 Å². The van der Waals surface area contributed by atoms with E-state index in [2.05, 4.69) is 6.07 Å². The van der Waals surface area contributed by atoms with Crippen LogP contribution in [0, 0.1) is 10.8 Å². The number of hydrogen-bond acceptors (Lipinski definition) is 4. The first-order valence-corrected chi connectivity index (χ1v) is 7.51. The number of thioether (sulfide) groups is 1. The lowest BCUT2D eigenvalue weighted by atomic mass is 10.1. The van der Waals surface area contributed by atoms with Crippen LogP contribution in [0.15, 0.2) is 23.1 Å². The number of fused-ring (bicyclic) bond motifs is 1. The van der Waals surface area contributed by atoms with Gasteiger partial charge in [0.25, 0.3) is 0 Å². The van der Waals surface area contributed by atoms with Gasteiger partial charge in [-0.2, -0.15) is 0 Å². The number of benzene rings is 1. The number of rotatable bonds is 5. The summed E-state index contributed by atoms with van der Waals surface area (Å²) in [6.07, 6.45) is 3.10. The monoisotopic (exact) mass is 278 g/mol. The molecule has 1 fully saturated rings. The summed E-state index contributed by atoms with van der Waals surface area (Å²) in [5.74, 6) is 3.00. The standard InChI is InChI=1S/C14H18N2O2S/c15-13(16)8-14(3-4-14)9-19-10-1-2-11-12(7-10)18-6-5-17-11/h1-2,7H,3-6,8-9H2,(H3,15,16). The lowest BCUT2D eigenvalue weighted by Crippen LogP contribution is -2.18. The van der Waals surface area contributed by atoms with Gasteiger partial charge in [-0.1, -0.05) is 0 Å². The third-order valence-electron chi connectivity index (χ3n) is 3.58. The van der Waals surface area contributed by atoms with E-state index in [4.69, 9.17) is 20.6 Å². The highest BCUT2D eigenvalue weighted by molar-refractivity contribution is 7.99. The molecule has 0 bridgehead atoms. The Morgan fingerprint density at radius 2 is 2.00 bits per heavy atom. The van der Waals surface area contributed by atoms with E-state index >= 15 is 0 Å². The minimum atomic E-state index is 0.268. The molecule has 0 spiro atoms. The van der Waals surface area contributed by atoms with Gasteiger partial charge in [0.05, 0.1) is 5.84 Å². The Kier molecular flexibility index (Phi) is 3.31. The van der Waals surface area contributed by atoms with Crippen molar-refractivity contribution in [3.05, 3.63) is 18.2 Å². The molecule has 2 aliphatic rings. The number of nitrogens with two attached hydrogens (primary N) is 1. The van der Waals surface area contributed by atoms with Crippen LogP contribution in [0.1, 0.15) is 19.3 Å². The number of hydrogen-bond donors (Lipinski definition) is 2. The molecule has 5 heteroatoms. The van der Waals surface area contributed by atoms with Gasteiger partial charge in [-0.25, -0.2) is 0 Å². The molecule has 0 aromatic heterocycles. The maximum absolute atomic E-state index is 7.43. The smallest absolute Gasteiger partial charge is 0.162 e. The Labute approximate surface area is 117 Å². The third kappa shape index (κ3) is 2.97. The molecule has 3 rings (SSSR count). The van der Waals surface area contributed by atoms with Crippen LogP contribution in [-0.4, -0.2) is 24.8 Å². The fraction of sp³-hybridized carbons (Fsp3) is 0.500. The first-order chi connectivity index (χ1) is 9.17. The molecular formula is C14H18N2O2S. The number of amidine groups is 1. The molecule has 0 amide bonds. The highest BCUT2D eigenvalue weighted by Crippen LogP contribution is 2.52. The Hall–Kier alpha value is -1.36. The normalized spacial score (nSPS) is 18.9. The lowest BCUT2D eigenvalue weighted by molar-refractivity contribution is 0.171. The van der Waals surface area contributed by atoms with Crippen LogP contribution in [0.3, 0.4) is 0 Å². The Morgan fingerprint density at radius 3 is 2.68 bits per heavy atom. The molecule has 102 valence electrons. The van der Waals surface area contributed by atoms with Gasteiger partial charge < -0.3 is 15.2 Å². The molecular weight excluding hydrogens is 260 g/mol. The van der Waals surface area contributed by atoms with Gasteiger partial charge in [-0.3, -0.25) is 5.41 Å². The van der Waals surface area contributed by atoms with Crippen molar-refractivity contribution in [2.75, 3.05) is 19.0 Å². The minimum Gasteiger partial charge on any atom is -0.486 e. The summed E-state index contributed by atoms with van der Waals surface area (Å²) >= 11 is 1.82. The van der Waals surface area contributed by atoms with Gasteiger partial charge in [0.15, 0.2) is 11.5 Å². The average Bonchev–Trinajstić information content (AvgIpc) is 3.15. The lowest BCUT2D eigenvalue weighted by Gasteiger charge is -2.19. The average molecular weight is 278 g/mol. The van der Waals surface area contributed by atoms with E-state index in [9.17, 15) is 0 Å². The van der Waals surface area contributed by atoms with Crippen LogP contribution in [-0.2, 0) is 0 Å². The van der Waals surface area contributed by atoms with Crippen molar-refractivity contribution in [1.82, 2.24) is 0 Å². The van der Waals surface area contributed by atoms with Crippen molar-refractivity contribution in [2.24, 2.45) is 11.1 Å². The molecule has 0 unspecified atom stereocenters. The van der Waals surface area contributed by atoms with E-state index in [1.807, 2.05) is 23.9 Å². The summed E-state index contributed by atoms with van der Waals surface area (Å²) in [6.45, 7) is 1.25. The molecule has 0 atom stereocenters.